The van der Waals surface area contributed by atoms with Gasteiger partial charge in [-0.05, 0) is 60.0 Å². The summed E-state index contributed by atoms with van der Waals surface area (Å²) in [5.74, 6) is 0.328. The van der Waals surface area contributed by atoms with Crippen molar-refractivity contribution in [3.8, 4) is 0 Å². The zero-order chi connectivity index (χ0) is 18.7. The standard InChI is InChI=1S/C18H19BrN4O3/c1-12-9-15(5-6-16(12)23(25)26)22-8-2-3-13(11-22)18(24)21-17-7-4-14(19)10-20-17/h4-7,9-10,13H,2-3,8,11H2,1H3,(H,20,21,24). The minimum Gasteiger partial charge on any atom is -0.371 e. The van der Waals surface area contributed by atoms with E-state index in [1.165, 1.54) is 6.07 Å². The summed E-state index contributed by atoms with van der Waals surface area (Å²) in [4.78, 5) is 29.4. The molecule has 1 aromatic heterocycles. The molecule has 2 aromatic rings. The highest BCUT2D eigenvalue weighted by atomic mass is 79.9. The molecule has 0 radical (unpaired) electrons. The lowest BCUT2D eigenvalue weighted by atomic mass is 9.96. The Morgan fingerprint density at radius 3 is 2.85 bits per heavy atom. The van der Waals surface area contributed by atoms with Crippen LogP contribution < -0.4 is 10.2 Å². The van der Waals surface area contributed by atoms with Gasteiger partial charge in [0.2, 0.25) is 5.91 Å². The number of nitro benzene ring substituents is 1. The van der Waals surface area contributed by atoms with E-state index in [4.69, 9.17) is 0 Å². The molecule has 1 atom stereocenters. The number of carbonyl (C=O) groups is 1. The number of amides is 1. The van der Waals surface area contributed by atoms with E-state index < -0.39 is 0 Å². The van der Waals surface area contributed by atoms with Crippen LogP contribution >= 0.6 is 15.9 Å². The molecule has 1 aliphatic rings. The van der Waals surface area contributed by atoms with Gasteiger partial charge in [-0.2, -0.15) is 0 Å². The fourth-order valence-electron chi connectivity index (χ4n) is 3.14. The summed E-state index contributed by atoms with van der Waals surface area (Å²) in [5, 5.41) is 13.8. The third kappa shape index (κ3) is 4.19. The highest BCUT2D eigenvalue weighted by Gasteiger charge is 2.27. The highest BCUT2D eigenvalue weighted by molar-refractivity contribution is 9.10. The third-order valence-corrected chi connectivity index (χ3v) is 4.98. The number of hydrogen-bond acceptors (Lipinski definition) is 5. The van der Waals surface area contributed by atoms with Crippen LogP contribution in [0.4, 0.5) is 17.2 Å². The Morgan fingerprint density at radius 1 is 1.38 bits per heavy atom. The lowest BCUT2D eigenvalue weighted by Crippen LogP contribution is -2.40. The van der Waals surface area contributed by atoms with E-state index in [1.54, 1.807) is 25.3 Å². The molecule has 26 heavy (non-hydrogen) atoms. The number of hydrogen-bond donors (Lipinski definition) is 1. The Labute approximate surface area is 159 Å². The van der Waals surface area contributed by atoms with Crippen molar-refractivity contribution in [3.63, 3.8) is 0 Å². The molecule has 0 saturated carbocycles. The number of anilines is 2. The first-order valence-corrected chi connectivity index (χ1v) is 9.16. The van der Waals surface area contributed by atoms with E-state index in [9.17, 15) is 14.9 Å². The van der Waals surface area contributed by atoms with Crippen LogP contribution in [-0.4, -0.2) is 28.9 Å². The molecule has 0 bridgehead atoms. The van der Waals surface area contributed by atoms with Gasteiger partial charge in [-0.1, -0.05) is 0 Å². The van der Waals surface area contributed by atoms with Gasteiger partial charge in [0.15, 0.2) is 0 Å². The minimum absolute atomic E-state index is 0.0526. The van der Waals surface area contributed by atoms with Gasteiger partial charge < -0.3 is 10.2 Å². The summed E-state index contributed by atoms with van der Waals surface area (Å²) >= 11 is 3.32. The second-order valence-electron chi connectivity index (χ2n) is 6.36. The van der Waals surface area contributed by atoms with Gasteiger partial charge in [0.25, 0.3) is 5.69 Å². The van der Waals surface area contributed by atoms with Crippen molar-refractivity contribution in [1.82, 2.24) is 4.98 Å². The molecule has 0 aliphatic carbocycles. The van der Waals surface area contributed by atoms with Crippen molar-refractivity contribution in [1.29, 1.82) is 0 Å². The Balaban J connectivity index is 1.68. The number of carbonyl (C=O) groups excluding carboxylic acids is 1. The van der Waals surface area contributed by atoms with Crippen LogP contribution in [0.5, 0.6) is 0 Å². The zero-order valence-corrected chi connectivity index (χ0v) is 15.9. The lowest BCUT2D eigenvalue weighted by molar-refractivity contribution is -0.385. The summed E-state index contributed by atoms with van der Waals surface area (Å²) < 4.78 is 0.855. The molecule has 1 N–H and O–H groups in total. The molecule has 0 spiro atoms. The van der Waals surface area contributed by atoms with Crippen molar-refractivity contribution in [3.05, 3.63) is 56.7 Å². The van der Waals surface area contributed by atoms with Crippen LogP contribution in [0.1, 0.15) is 18.4 Å². The lowest BCUT2D eigenvalue weighted by Gasteiger charge is -2.33. The van der Waals surface area contributed by atoms with Crippen molar-refractivity contribution in [2.45, 2.75) is 19.8 Å². The summed E-state index contributed by atoms with van der Waals surface area (Å²) in [6.07, 6.45) is 3.34. The average Bonchev–Trinajstić information content (AvgIpc) is 2.63. The molecular formula is C18H19BrN4O3. The number of aryl methyl sites for hydroxylation is 1. The normalized spacial score (nSPS) is 17.0. The van der Waals surface area contributed by atoms with Gasteiger partial charge in [-0.15, -0.1) is 0 Å². The summed E-state index contributed by atoms with van der Waals surface area (Å²) in [6, 6.07) is 8.67. The van der Waals surface area contributed by atoms with E-state index >= 15 is 0 Å². The molecule has 1 amide bonds. The molecule has 3 rings (SSSR count). The minimum atomic E-state index is -0.378. The van der Waals surface area contributed by atoms with Gasteiger partial charge in [-0.25, -0.2) is 4.98 Å². The van der Waals surface area contributed by atoms with E-state index in [2.05, 4.69) is 31.1 Å². The number of pyridine rings is 1. The highest BCUT2D eigenvalue weighted by Crippen LogP contribution is 2.28. The Hall–Kier alpha value is -2.48. The predicted octanol–water partition coefficient (Wildman–Crippen LogP) is 3.92. The van der Waals surface area contributed by atoms with Crippen LogP contribution in [0.25, 0.3) is 0 Å². The molecule has 1 aromatic carbocycles. The number of nitro groups is 1. The third-order valence-electron chi connectivity index (χ3n) is 4.51. The van der Waals surface area contributed by atoms with Crippen LogP contribution in [-0.2, 0) is 4.79 Å². The van der Waals surface area contributed by atoms with E-state index in [-0.39, 0.29) is 22.4 Å². The second kappa shape index (κ2) is 7.82. The molecule has 7 nitrogen and oxygen atoms in total. The number of nitrogens with one attached hydrogen (secondary N) is 1. The number of benzene rings is 1. The summed E-state index contributed by atoms with van der Waals surface area (Å²) in [6.45, 7) is 3.14. The van der Waals surface area contributed by atoms with E-state index in [1.807, 2.05) is 12.1 Å². The number of nitrogens with zero attached hydrogens (tertiary/aromatic N) is 3. The first-order valence-electron chi connectivity index (χ1n) is 8.36. The zero-order valence-electron chi connectivity index (χ0n) is 14.3. The first kappa shape index (κ1) is 18.3. The second-order valence-corrected chi connectivity index (χ2v) is 7.28. The largest absolute Gasteiger partial charge is 0.371 e. The molecule has 1 fully saturated rings. The molecule has 8 heteroatoms. The van der Waals surface area contributed by atoms with Crippen LogP contribution in [0.2, 0.25) is 0 Å². The molecule has 2 heterocycles. The van der Waals surface area contributed by atoms with Gasteiger partial charge >= 0.3 is 0 Å². The average molecular weight is 419 g/mol. The monoisotopic (exact) mass is 418 g/mol. The van der Waals surface area contributed by atoms with Crippen molar-refractivity contribution < 1.29 is 9.72 Å². The molecule has 136 valence electrons. The fraction of sp³-hybridized carbons (Fsp3) is 0.333. The van der Waals surface area contributed by atoms with Gasteiger partial charge in [0.05, 0.1) is 10.8 Å². The Morgan fingerprint density at radius 2 is 2.19 bits per heavy atom. The number of halogens is 1. The predicted molar refractivity (Wildman–Crippen MR) is 103 cm³/mol. The van der Waals surface area contributed by atoms with Crippen LogP contribution in [0.15, 0.2) is 41.0 Å². The molecular weight excluding hydrogens is 400 g/mol. The quantitative estimate of drug-likeness (QED) is 0.600. The van der Waals surface area contributed by atoms with Gasteiger partial charge in [0.1, 0.15) is 5.82 Å². The molecule has 1 saturated heterocycles. The van der Waals surface area contributed by atoms with Crippen LogP contribution in [0.3, 0.4) is 0 Å². The number of piperidine rings is 1. The fourth-order valence-corrected chi connectivity index (χ4v) is 3.38. The van der Waals surface area contributed by atoms with Crippen molar-refractivity contribution >= 4 is 39.0 Å². The van der Waals surface area contributed by atoms with Gasteiger partial charge in [0, 0.05) is 41.1 Å². The first-order chi connectivity index (χ1) is 12.4. The topological polar surface area (TPSA) is 88.4 Å². The van der Waals surface area contributed by atoms with Crippen LogP contribution in [0, 0.1) is 23.0 Å². The van der Waals surface area contributed by atoms with Gasteiger partial charge in [-0.3, -0.25) is 14.9 Å². The van der Waals surface area contributed by atoms with Crippen molar-refractivity contribution in [2.75, 3.05) is 23.3 Å². The summed E-state index contributed by atoms with van der Waals surface area (Å²) in [5.41, 5.74) is 1.65. The smallest absolute Gasteiger partial charge is 0.272 e. The molecule has 1 unspecified atom stereocenters. The number of rotatable bonds is 4. The molecule has 1 aliphatic heterocycles. The van der Waals surface area contributed by atoms with E-state index in [0.717, 1.165) is 29.5 Å². The Kier molecular flexibility index (Phi) is 5.51. The maximum Gasteiger partial charge on any atom is 0.272 e. The summed E-state index contributed by atoms with van der Waals surface area (Å²) in [7, 11) is 0. The maximum absolute atomic E-state index is 12.6. The SMILES string of the molecule is Cc1cc(N2CCCC(C(=O)Nc3ccc(Br)cn3)C2)ccc1[N+](=O)[O-]. The Bertz CT molecular complexity index is 826. The maximum atomic E-state index is 12.6. The van der Waals surface area contributed by atoms with Crippen molar-refractivity contribution in [2.24, 2.45) is 5.92 Å². The number of aromatic nitrogens is 1. The van der Waals surface area contributed by atoms with E-state index in [0.29, 0.717) is 17.9 Å².